The highest BCUT2D eigenvalue weighted by molar-refractivity contribution is 5.78. The summed E-state index contributed by atoms with van der Waals surface area (Å²) in [5, 5.41) is 5.96. The van der Waals surface area contributed by atoms with Crippen LogP contribution in [0.2, 0.25) is 0 Å². The Morgan fingerprint density at radius 1 is 1.47 bits per heavy atom. The average Bonchev–Trinajstić information content (AvgIpc) is 2.28. The Morgan fingerprint density at radius 3 is 2.73 bits per heavy atom. The number of hydrogen-bond acceptors (Lipinski definition) is 5. The number of nitrogens with zero attached hydrogens (tertiary/aromatic N) is 1. The van der Waals surface area contributed by atoms with Crippen molar-refractivity contribution in [3.63, 3.8) is 0 Å². The molecule has 0 radical (unpaired) electrons. The Kier molecular flexibility index (Phi) is 3.91. The molecule has 1 unspecified atom stereocenters. The molecule has 2 N–H and O–H groups in total. The van der Waals surface area contributed by atoms with E-state index in [9.17, 15) is 4.79 Å². The fourth-order valence-corrected chi connectivity index (χ4v) is 1.14. The van der Waals surface area contributed by atoms with E-state index in [0.29, 0.717) is 0 Å². The van der Waals surface area contributed by atoms with Gasteiger partial charge in [-0.25, -0.2) is 4.79 Å². The van der Waals surface area contributed by atoms with E-state index in [2.05, 4.69) is 20.4 Å². The van der Waals surface area contributed by atoms with Crippen LogP contribution < -0.4 is 10.6 Å². The standard InChI is InChI=1S/C10H15N3O2/c1-7(10(14)15-3)13-9-4-8(11-2)5-12-6-9/h4-7,11,13H,1-3H3. The summed E-state index contributed by atoms with van der Waals surface area (Å²) in [4.78, 5) is 15.2. The molecule has 1 heterocycles. The maximum absolute atomic E-state index is 11.1. The Bertz CT molecular complexity index is 341. The van der Waals surface area contributed by atoms with Gasteiger partial charge in [0.15, 0.2) is 0 Å². The molecular formula is C10H15N3O2. The first kappa shape index (κ1) is 11.3. The van der Waals surface area contributed by atoms with E-state index in [1.165, 1.54) is 7.11 Å². The molecule has 0 saturated carbocycles. The first-order chi connectivity index (χ1) is 7.17. The van der Waals surface area contributed by atoms with Crippen LogP contribution in [0.25, 0.3) is 0 Å². The summed E-state index contributed by atoms with van der Waals surface area (Å²) >= 11 is 0. The fourth-order valence-electron chi connectivity index (χ4n) is 1.14. The van der Waals surface area contributed by atoms with Crippen LogP contribution in [0.3, 0.4) is 0 Å². The molecule has 1 aromatic heterocycles. The minimum Gasteiger partial charge on any atom is -0.467 e. The van der Waals surface area contributed by atoms with E-state index in [1.54, 1.807) is 19.3 Å². The predicted molar refractivity (Wildman–Crippen MR) is 58.9 cm³/mol. The summed E-state index contributed by atoms with van der Waals surface area (Å²) < 4.78 is 4.60. The van der Waals surface area contributed by atoms with Crippen LogP contribution in [0.15, 0.2) is 18.5 Å². The summed E-state index contributed by atoms with van der Waals surface area (Å²) in [6, 6.07) is 1.48. The lowest BCUT2D eigenvalue weighted by molar-refractivity contribution is -0.141. The maximum Gasteiger partial charge on any atom is 0.327 e. The van der Waals surface area contributed by atoms with E-state index < -0.39 is 0 Å². The molecule has 0 amide bonds. The molecule has 0 aliphatic heterocycles. The second-order valence-corrected chi connectivity index (χ2v) is 3.10. The van der Waals surface area contributed by atoms with Crippen LogP contribution in [0, 0.1) is 0 Å². The number of rotatable bonds is 4. The second kappa shape index (κ2) is 5.19. The lowest BCUT2D eigenvalue weighted by Gasteiger charge is -2.13. The van der Waals surface area contributed by atoms with Crippen molar-refractivity contribution < 1.29 is 9.53 Å². The van der Waals surface area contributed by atoms with Gasteiger partial charge in [-0.05, 0) is 13.0 Å². The highest BCUT2D eigenvalue weighted by Gasteiger charge is 2.12. The van der Waals surface area contributed by atoms with Crippen LogP contribution in [0.5, 0.6) is 0 Å². The minimum atomic E-state index is -0.385. The molecule has 1 atom stereocenters. The van der Waals surface area contributed by atoms with Gasteiger partial charge in [0.05, 0.1) is 30.9 Å². The fraction of sp³-hybridized carbons (Fsp3) is 0.400. The number of nitrogens with one attached hydrogen (secondary N) is 2. The van der Waals surface area contributed by atoms with E-state index in [-0.39, 0.29) is 12.0 Å². The normalized spacial score (nSPS) is 11.7. The molecule has 5 nitrogen and oxygen atoms in total. The van der Waals surface area contributed by atoms with Crippen LogP contribution in [0.1, 0.15) is 6.92 Å². The molecule has 82 valence electrons. The monoisotopic (exact) mass is 209 g/mol. The topological polar surface area (TPSA) is 63.2 Å². The molecule has 0 bridgehead atoms. The third kappa shape index (κ3) is 3.12. The Morgan fingerprint density at radius 2 is 2.13 bits per heavy atom. The SMILES string of the molecule is CNc1cncc(NC(C)C(=O)OC)c1. The van der Waals surface area contributed by atoms with Gasteiger partial charge in [-0.2, -0.15) is 0 Å². The Balaban J connectivity index is 2.67. The molecular weight excluding hydrogens is 194 g/mol. The number of hydrogen-bond donors (Lipinski definition) is 2. The van der Waals surface area contributed by atoms with Crippen molar-refractivity contribution in [1.82, 2.24) is 4.98 Å². The highest BCUT2D eigenvalue weighted by atomic mass is 16.5. The van der Waals surface area contributed by atoms with Crippen molar-refractivity contribution in [2.45, 2.75) is 13.0 Å². The number of methoxy groups -OCH3 is 1. The molecule has 0 spiro atoms. The van der Waals surface area contributed by atoms with Crippen LogP contribution in [-0.2, 0) is 9.53 Å². The summed E-state index contributed by atoms with van der Waals surface area (Å²) in [6.45, 7) is 1.73. The van der Waals surface area contributed by atoms with E-state index in [1.807, 2.05) is 13.1 Å². The van der Waals surface area contributed by atoms with Crippen molar-refractivity contribution in [3.8, 4) is 0 Å². The number of ether oxygens (including phenoxy) is 1. The lowest BCUT2D eigenvalue weighted by Crippen LogP contribution is -2.27. The molecule has 15 heavy (non-hydrogen) atoms. The van der Waals surface area contributed by atoms with Crippen molar-refractivity contribution in [2.24, 2.45) is 0 Å². The molecule has 0 aliphatic carbocycles. The summed E-state index contributed by atoms with van der Waals surface area (Å²) in [6.07, 6.45) is 3.36. The van der Waals surface area contributed by atoms with Crippen LogP contribution in [0.4, 0.5) is 11.4 Å². The molecule has 0 fully saturated rings. The average molecular weight is 209 g/mol. The predicted octanol–water partition coefficient (Wildman–Crippen LogP) is 1.10. The van der Waals surface area contributed by atoms with Gasteiger partial charge in [-0.1, -0.05) is 0 Å². The van der Waals surface area contributed by atoms with E-state index in [4.69, 9.17) is 0 Å². The van der Waals surface area contributed by atoms with Gasteiger partial charge >= 0.3 is 5.97 Å². The van der Waals surface area contributed by atoms with Gasteiger partial charge in [-0.15, -0.1) is 0 Å². The van der Waals surface area contributed by atoms with Crippen LogP contribution >= 0.6 is 0 Å². The number of carbonyl (C=O) groups is 1. The summed E-state index contributed by atoms with van der Waals surface area (Å²) in [5.41, 5.74) is 1.66. The molecule has 5 heteroatoms. The van der Waals surface area contributed by atoms with Gasteiger partial charge in [0.2, 0.25) is 0 Å². The quantitative estimate of drug-likeness (QED) is 0.727. The lowest BCUT2D eigenvalue weighted by atomic mass is 10.3. The van der Waals surface area contributed by atoms with Crippen LogP contribution in [-0.4, -0.2) is 31.2 Å². The Hall–Kier alpha value is -1.78. The number of aromatic nitrogens is 1. The zero-order valence-corrected chi connectivity index (χ0v) is 9.07. The van der Waals surface area contributed by atoms with Crippen molar-refractivity contribution in [1.29, 1.82) is 0 Å². The number of pyridine rings is 1. The largest absolute Gasteiger partial charge is 0.467 e. The van der Waals surface area contributed by atoms with Crippen molar-refractivity contribution in [2.75, 3.05) is 24.8 Å². The van der Waals surface area contributed by atoms with Gasteiger partial charge < -0.3 is 15.4 Å². The minimum absolute atomic E-state index is 0.301. The Labute approximate surface area is 88.9 Å². The zero-order chi connectivity index (χ0) is 11.3. The molecule has 0 aliphatic rings. The first-order valence-corrected chi connectivity index (χ1v) is 4.64. The number of carbonyl (C=O) groups excluding carboxylic acids is 1. The van der Waals surface area contributed by atoms with E-state index >= 15 is 0 Å². The highest BCUT2D eigenvalue weighted by Crippen LogP contribution is 2.13. The first-order valence-electron chi connectivity index (χ1n) is 4.64. The third-order valence-electron chi connectivity index (χ3n) is 1.96. The molecule has 1 rings (SSSR count). The van der Waals surface area contributed by atoms with Gasteiger partial charge in [0, 0.05) is 7.05 Å². The van der Waals surface area contributed by atoms with Crippen molar-refractivity contribution >= 4 is 17.3 Å². The number of anilines is 2. The smallest absolute Gasteiger partial charge is 0.327 e. The molecule has 0 aromatic carbocycles. The second-order valence-electron chi connectivity index (χ2n) is 3.10. The summed E-state index contributed by atoms with van der Waals surface area (Å²) in [5.74, 6) is -0.301. The maximum atomic E-state index is 11.1. The number of esters is 1. The zero-order valence-electron chi connectivity index (χ0n) is 9.07. The molecule has 1 aromatic rings. The van der Waals surface area contributed by atoms with E-state index in [0.717, 1.165) is 11.4 Å². The van der Waals surface area contributed by atoms with Gasteiger partial charge in [0.25, 0.3) is 0 Å². The van der Waals surface area contributed by atoms with Crippen molar-refractivity contribution in [3.05, 3.63) is 18.5 Å². The van der Waals surface area contributed by atoms with Gasteiger partial charge in [0.1, 0.15) is 6.04 Å². The van der Waals surface area contributed by atoms with Gasteiger partial charge in [-0.3, -0.25) is 4.98 Å². The summed E-state index contributed by atoms with van der Waals surface area (Å²) in [7, 11) is 3.17. The third-order valence-corrected chi connectivity index (χ3v) is 1.96. The molecule has 0 saturated heterocycles.